The molecule has 0 amide bonds. The Balaban J connectivity index is 1.52. The molecule has 0 N–H and O–H groups in total. The number of allylic oxidation sites excluding steroid dienone is 2. The first-order valence-electron chi connectivity index (χ1n) is 10.2. The van der Waals surface area contributed by atoms with Crippen LogP contribution in [-0.2, 0) is 6.42 Å². The van der Waals surface area contributed by atoms with E-state index in [0.717, 1.165) is 36.3 Å². The van der Waals surface area contributed by atoms with Gasteiger partial charge in [0.1, 0.15) is 0 Å². The van der Waals surface area contributed by atoms with E-state index in [-0.39, 0.29) is 5.78 Å². The first-order valence-corrected chi connectivity index (χ1v) is 10.2. The van der Waals surface area contributed by atoms with Crippen molar-refractivity contribution in [3.8, 4) is 11.5 Å². The van der Waals surface area contributed by atoms with Crippen LogP contribution in [0.5, 0.6) is 11.5 Å². The second-order valence-corrected chi connectivity index (χ2v) is 6.98. The molecule has 0 spiro atoms. The minimum absolute atomic E-state index is 0.0933. The lowest BCUT2D eigenvalue weighted by Gasteiger charge is -2.09. The average Bonchev–Trinajstić information content (AvgIpc) is 2.75. The van der Waals surface area contributed by atoms with E-state index in [1.54, 1.807) is 20.3 Å². The highest BCUT2D eigenvalue weighted by atomic mass is 16.5. The highest BCUT2D eigenvalue weighted by molar-refractivity contribution is 6.04. The van der Waals surface area contributed by atoms with Gasteiger partial charge < -0.3 is 9.47 Å². The van der Waals surface area contributed by atoms with Gasteiger partial charge in [0.2, 0.25) is 0 Å². The molecule has 28 heavy (non-hydrogen) atoms. The third-order valence-corrected chi connectivity index (χ3v) is 4.86. The molecular weight excluding hydrogens is 348 g/mol. The molecule has 150 valence electrons. The van der Waals surface area contributed by atoms with Crippen LogP contribution in [0.2, 0.25) is 0 Å². The summed E-state index contributed by atoms with van der Waals surface area (Å²) in [7, 11) is 3.34. The second kappa shape index (κ2) is 12.8. The third kappa shape index (κ3) is 7.59. The SMILES string of the molecule is COc1ccc(CCCCCCCCC=CC(=O)c2ccccc2)cc1OC. The van der Waals surface area contributed by atoms with Gasteiger partial charge in [0.25, 0.3) is 0 Å². The van der Waals surface area contributed by atoms with Gasteiger partial charge in [-0.05, 0) is 49.5 Å². The fraction of sp³-hybridized carbons (Fsp3) is 0.400. The number of methoxy groups -OCH3 is 2. The molecule has 0 bridgehead atoms. The van der Waals surface area contributed by atoms with Crippen LogP contribution < -0.4 is 9.47 Å². The van der Waals surface area contributed by atoms with Crippen molar-refractivity contribution in [1.29, 1.82) is 0 Å². The van der Waals surface area contributed by atoms with Crippen molar-refractivity contribution in [2.75, 3.05) is 14.2 Å². The van der Waals surface area contributed by atoms with E-state index in [2.05, 4.69) is 12.1 Å². The second-order valence-electron chi connectivity index (χ2n) is 6.98. The van der Waals surface area contributed by atoms with Crippen LogP contribution in [0.4, 0.5) is 0 Å². The Hall–Kier alpha value is -2.55. The number of carbonyl (C=O) groups excluding carboxylic acids is 1. The number of carbonyl (C=O) groups is 1. The van der Waals surface area contributed by atoms with Gasteiger partial charge in [-0.1, -0.05) is 68.2 Å². The fourth-order valence-corrected chi connectivity index (χ4v) is 3.22. The molecule has 0 atom stereocenters. The number of rotatable bonds is 13. The molecule has 0 saturated heterocycles. The molecule has 2 rings (SSSR count). The lowest BCUT2D eigenvalue weighted by Crippen LogP contribution is -1.93. The van der Waals surface area contributed by atoms with Gasteiger partial charge in [0, 0.05) is 5.56 Å². The zero-order chi connectivity index (χ0) is 20.0. The number of aryl methyl sites for hydroxylation is 1. The Kier molecular flexibility index (Phi) is 9.92. The summed E-state index contributed by atoms with van der Waals surface area (Å²) in [6, 6.07) is 15.6. The minimum atomic E-state index is 0.0933. The normalized spacial score (nSPS) is 10.9. The van der Waals surface area contributed by atoms with Crippen LogP contribution in [0.3, 0.4) is 0 Å². The molecule has 3 nitrogen and oxygen atoms in total. The maximum Gasteiger partial charge on any atom is 0.185 e. The monoisotopic (exact) mass is 380 g/mol. The Morgan fingerprint density at radius 2 is 1.50 bits per heavy atom. The van der Waals surface area contributed by atoms with Crippen molar-refractivity contribution >= 4 is 5.78 Å². The Bertz CT molecular complexity index is 735. The molecule has 0 heterocycles. The summed E-state index contributed by atoms with van der Waals surface area (Å²) in [5.74, 6) is 1.68. The lowest BCUT2D eigenvalue weighted by atomic mass is 10.0. The largest absolute Gasteiger partial charge is 0.493 e. The number of unbranched alkanes of at least 4 members (excludes halogenated alkanes) is 6. The van der Waals surface area contributed by atoms with Crippen molar-refractivity contribution < 1.29 is 14.3 Å². The van der Waals surface area contributed by atoms with Gasteiger partial charge in [-0.15, -0.1) is 0 Å². The predicted molar refractivity (Wildman–Crippen MR) is 115 cm³/mol. The number of benzene rings is 2. The Labute approximate surface area is 169 Å². The van der Waals surface area contributed by atoms with Crippen molar-refractivity contribution in [2.24, 2.45) is 0 Å². The number of ketones is 1. The third-order valence-electron chi connectivity index (χ3n) is 4.86. The van der Waals surface area contributed by atoms with E-state index in [1.807, 2.05) is 42.5 Å². The van der Waals surface area contributed by atoms with Crippen molar-refractivity contribution in [2.45, 2.75) is 51.4 Å². The number of hydrogen-bond donors (Lipinski definition) is 0. The molecule has 0 unspecified atom stereocenters. The molecule has 0 aliphatic rings. The summed E-state index contributed by atoms with van der Waals surface area (Å²) in [5, 5.41) is 0. The van der Waals surface area contributed by atoms with Crippen LogP contribution in [0.25, 0.3) is 0 Å². The lowest BCUT2D eigenvalue weighted by molar-refractivity contribution is 0.104. The van der Waals surface area contributed by atoms with E-state index in [1.165, 1.54) is 37.7 Å². The summed E-state index contributed by atoms with van der Waals surface area (Å²) in [5.41, 5.74) is 2.05. The van der Waals surface area contributed by atoms with E-state index >= 15 is 0 Å². The first kappa shape index (κ1) is 21.7. The molecule has 0 radical (unpaired) electrons. The highest BCUT2D eigenvalue weighted by Gasteiger charge is 2.04. The van der Waals surface area contributed by atoms with Crippen LogP contribution in [0.15, 0.2) is 60.7 Å². The van der Waals surface area contributed by atoms with Crippen LogP contribution in [0.1, 0.15) is 60.9 Å². The smallest absolute Gasteiger partial charge is 0.185 e. The molecule has 2 aromatic rings. The molecule has 0 aromatic heterocycles. The highest BCUT2D eigenvalue weighted by Crippen LogP contribution is 2.28. The topological polar surface area (TPSA) is 35.5 Å². The quantitative estimate of drug-likeness (QED) is 0.229. The standard InChI is InChI=1S/C25H32O3/c1-27-24-19-18-21(20-25(24)28-2)14-10-7-5-3-4-6-8-13-17-23(26)22-15-11-9-12-16-22/h9,11-13,15-20H,3-8,10,14H2,1-2H3. The molecule has 3 heteroatoms. The van der Waals surface area contributed by atoms with Crippen LogP contribution in [0, 0.1) is 0 Å². The Morgan fingerprint density at radius 1 is 0.821 bits per heavy atom. The number of hydrogen-bond acceptors (Lipinski definition) is 3. The summed E-state index contributed by atoms with van der Waals surface area (Å²) >= 11 is 0. The molecule has 0 saturated carbocycles. The van der Waals surface area contributed by atoms with Crippen molar-refractivity contribution in [3.05, 3.63) is 71.8 Å². The van der Waals surface area contributed by atoms with Gasteiger partial charge in [0.05, 0.1) is 14.2 Å². The maximum absolute atomic E-state index is 11.9. The van der Waals surface area contributed by atoms with Crippen molar-refractivity contribution in [3.63, 3.8) is 0 Å². The van der Waals surface area contributed by atoms with E-state index in [4.69, 9.17) is 9.47 Å². The van der Waals surface area contributed by atoms with Gasteiger partial charge in [-0.25, -0.2) is 0 Å². The van der Waals surface area contributed by atoms with Crippen molar-refractivity contribution in [1.82, 2.24) is 0 Å². The molecule has 2 aromatic carbocycles. The van der Waals surface area contributed by atoms with E-state index < -0.39 is 0 Å². The predicted octanol–water partition coefficient (Wildman–Crippen LogP) is 6.42. The summed E-state index contributed by atoms with van der Waals surface area (Å²) < 4.78 is 10.6. The minimum Gasteiger partial charge on any atom is -0.493 e. The maximum atomic E-state index is 11.9. The van der Waals surface area contributed by atoms with E-state index in [0.29, 0.717) is 0 Å². The van der Waals surface area contributed by atoms with Gasteiger partial charge in [0.15, 0.2) is 17.3 Å². The fourth-order valence-electron chi connectivity index (χ4n) is 3.22. The summed E-state index contributed by atoms with van der Waals surface area (Å²) in [6.07, 6.45) is 13.1. The average molecular weight is 381 g/mol. The van der Waals surface area contributed by atoms with Gasteiger partial charge in [-0.2, -0.15) is 0 Å². The molecule has 0 fully saturated rings. The zero-order valence-corrected chi connectivity index (χ0v) is 17.2. The zero-order valence-electron chi connectivity index (χ0n) is 17.2. The van der Waals surface area contributed by atoms with E-state index in [9.17, 15) is 4.79 Å². The molecule has 0 aliphatic carbocycles. The number of ether oxygens (including phenoxy) is 2. The molecular formula is C25H32O3. The first-order chi connectivity index (χ1) is 13.7. The Morgan fingerprint density at radius 3 is 2.21 bits per heavy atom. The summed E-state index contributed by atoms with van der Waals surface area (Å²) in [6.45, 7) is 0. The molecule has 0 aliphatic heterocycles. The van der Waals surface area contributed by atoms with Crippen LogP contribution in [-0.4, -0.2) is 20.0 Å². The van der Waals surface area contributed by atoms with Gasteiger partial charge in [-0.3, -0.25) is 4.79 Å². The van der Waals surface area contributed by atoms with Crippen LogP contribution >= 0.6 is 0 Å². The summed E-state index contributed by atoms with van der Waals surface area (Å²) in [4.78, 5) is 11.9. The van der Waals surface area contributed by atoms with Gasteiger partial charge >= 0.3 is 0 Å².